The highest BCUT2D eigenvalue weighted by molar-refractivity contribution is 6.01. The Kier molecular flexibility index (Phi) is 9.01. The van der Waals surface area contributed by atoms with Crippen molar-refractivity contribution in [3.05, 3.63) is 108 Å². The number of hydrogen-bond acceptors (Lipinski definition) is 5. The van der Waals surface area contributed by atoms with E-state index < -0.39 is 0 Å². The second-order valence-corrected chi connectivity index (χ2v) is 9.94. The summed E-state index contributed by atoms with van der Waals surface area (Å²) in [5.74, 6) is 1.27. The van der Waals surface area contributed by atoms with Crippen LogP contribution in [0.25, 0.3) is 22.5 Å². The predicted octanol–water partition coefficient (Wildman–Crippen LogP) is 7.45. The number of hydrogen-bond donors (Lipinski definition) is 3. The van der Waals surface area contributed by atoms with Crippen LogP contribution in [0.2, 0.25) is 0 Å². The minimum Gasteiger partial charge on any atom is -0.491 e. The zero-order valence-electron chi connectivity index (χ0n) is 23.4. The maximum Gasteiger partial charge on any atom is 0.323 e. The van der Waals surface area contributed by atoms with E-state index in [4.69, 9.17) is 4.74 Å². The Hall–Kier alpha value is -4.98. The standard InChI is InChI=1S/C33H34N6O2/c1-3-20-41-31-25(13-9-12-24-10-5-4-6-11-24)21-26(28-14-7-8-15-29(28)32-36-38-39-37-32)22-30(31)35-33(40)34-27-18-16-23(2)17-19-27/h4-8,10-11,14-19,21-22H,3,9,12-13,20H2,1-2H3,(H2,34,35,40)(H,36,37,38,39). The molecule has 8 nitrogen and oxygen atoms in total. The van der Waals surface area contributed by atoms with Gasteiger partial charge in [0.1, 0.15) is 5.75 Å². The molecule has 2 amide bonds. The van der Waals surface area contributed by atoms with Gasteiger partial charge in [0.05, 0.1) is 12.3 Å². The summed E-state index contributed by atoms with van der Waals surface area (Å²) in [5, 5.41) is 20.6. The minimum atomic E-state index is -0.338. The number of urea groups is 1. The van der Waals surface area contributed by atoms with E-state index in [1.807, 2.05) is 67.6 Å². The Morgan fingerprint density at radius 1 is 0.878 bits per heavy atom. The van der Waals surface area contributed by atoms with Crippen LogP contribution in [0.4, 0.5) is 16.2 Å². The molecule has 8 heteroatoms. The van der Waals surface area contributed by atoms with Gasteiger partial charge in [0.2, 0.25) is 0 Å². The summed E-state index contributed by atoms with van der Waals surface area (Å²) in [6.45, 7) is 4.63. The highest BCUT2D eigenvalue weighted by Crippen LogP contribution is 2.39. The van der Waals surface area contributed by atoms with Crippen molar-refractivity contribution in [2.24, 2.45) is 0 Å². The van der Waals surface area contributed by atoms with E-state index in [0.29, 0.717) is 29.6 Å². The number of aromatic amines is 1. The number of benzene rings is 4. The van der Waals surface area contributed by atoms with Crippen LogP contribution < -0.4 is 15.4 Å². The van der Waals surface area contributed by atoms with E-state index in [1.165, 1.54) is 5.56 Å². The van der Waals surface area contributed by atoms with Crippen LogP contribution in [0.5, 0.6) is 5.75 Å². The number of amides is 2. The molecule has 0 aliphatic rings. The van der Waals surface area contributed by atoms with E-state index in [2.05, 4.69) is 68.5 Å². The Morgan fingerprint density at radius 3 is 2.37 bits per heavy atom. The lowest BCUT2D eigenvalue weighted by Crippen LogP contribution is -2.20. The number of ether oxygens (including phenoxy) is 1. The van der Waals surface area contributed by atoms with Crippen molar-refractivity contribution in [3.8, 4) is 28.3 Å². The van der Waals surface area contributed by atoms with Crippen molar-refractivity contribution < 1.29 is 9.53 Å². The van der Waals surface area contributed by atoms with Crippen molar-refractivity contribution in [1.29, 1.82) is 0 Å². The summed E-state index contributed by atoms with van der Waals surface area (Å²) in [6.07, 6.45) is 3.50. The molecule has 41 heavy (non-hydrogen) atoms. The molecule has 5 aromatic rings. The first-order chi connectivity index (χ1) is 20.1. The molecular weight excluding hydrogens is 512 g/mol. The Morgan fingerprint density at radius 2 is 1.63 bits per heavy atom. The highest BCUT2D eigenvalue weighted by atomic mass is 16.5. The average molecular weight is 547 g/mol. The Balaban J connectivity index is 1.52. The molecule has 1 aromatic heterocycles. The zero-order valence-corrected chi connectivity index (χ0v) is 23.4. The molecule has 1 heterocycles. The summed E-state index contributed by atoms with van der Waals surface area (Å²) >= 11 is 0. The second-order valence-electron chi connectivity index (χ2n) is 9.94. The van der Waals surface area contributed by atoms with Crippen molar-refractivity contribution in [2.75, 3.05) is 17.2 Å². The third kappa shape index (κ3) is 7.16. The number of aryl methyl sites for hydroxylation is 3. The van der Waals surface area contributed by atoms with Gasteiger partial charge in [0.25, 0.3) is 0 Å². The number of anilines is 2. The number of nitrogens with zero attached hydrogens (tertiary/aromatic N) is 3. The molecule has 208 valence electrons. The minimum absolute atomic E-state index is 0.338. The van der Waals surface area contributed by atoms with Crippen LogP contribution in [0, 0.1) is 6.92 Å². The van der Waals surface area contributed by atoms with Crippen molar-refractivity contribution >= 4 is 17.4 Å². The van der Waals surface area contributed by atoms with E-state index in [0.717, 1.165) is 53.5 Å². The van der Waals surface area contributed by atoms with Crippen LogP contribution in [0.15, 0.2) is 91.0 Å². The number of aromatic nitrogens is 4. The topological polar surface area (TPSA) is 105 Å². The first-order valence-corrected chi connectivity index (χ1v) is 13.9. The fourth-order valence-corrected chi connectivity index (χ4v) is 4.76. The van der Waals surface area contributed by atoms with Gasteiger partial charge in [-0.25, -0.2) is 9.89 Å². The SMILES string of the molecule is CCCOc1c(CCCc2ccccc2)cc(-c2ccccc2-c2nnn[nH]2)cc1NC(=O)Nc1ccc(C)cc1. The number of carbonyl (C=O) groups is 1. The summed E-state index contributed by atoms with van der Waals surface area (Å²) in [5.41, 5.74) is 7.51. The number of carbonyl (C=O) groups excluding carboxylic acids is 1. The molecule has 0 saturated heterocycles. The second kappa shape index (κ2) is 13.4. The maximum absolute atomic E-state index is 13.2. The first kappa shape index (κ1) is 27.6. The Labute approximate surface area is 240 Å². The fourth-order valence-electron chi connectivity index (χ4n) is 4.76. The zero-order chi connectivity index (χ0) is 28.4. The number of H-pyrrole nitrogens is 1. The molecule has 0 aliphatic carbocycles. The highest BCUT2D eigenvalue weighted by Gasteiger charge is 2.18. The molecule has 0 aliphatic heterocycles. The average Bonchev–Trinajstić information content (AvgIpc) is 3.53. The Bertz CT molecular complexity index is 1570. The molecular formula is C33H34N6O2. The largest absolute Gasteiger partial charge is 0.491 e. The van der Waals surface area contributed by atoms with E-state index in [1.54, 1.807) is 0 Å². The molecule has 0 bridgehead atoms. The van der Waals surface area contributed by atoms with Crippen LogP contribution >= 0.6 is 0 Å². The maximum atomic E-state index is 13.2. The lowest BCUT2D eigenvalue weighted by Gasteiger charge is -2.20. The molecule has 0 radical (unpaired) electrons. The molecule has 0 fully saturated rings. The van der Waals surface area contributed by atoms with Gasteiger partial charge in [0, 0.05) is 11.3 Å². The van der Waals surface area contributed by atoms with Gasteiger partial charge in [-0.1, -0.05) is 79.2 Å². The van der Waals surface area contributed by atoms with Gasteiger partial charge in [0.15, 0.2) is 5.82 Å². The van der Waals surface area contributed by atoms with Crippen molar-refractivity contribution in [1.82, 2.24) is 20.6 Å². The van der Waals surface area contributed by atoms with Crippen LogP contribution in [-0.2, 0) is 12.8 Å². The van der Waals surface area contributed by atoms with Gasteiger partial charge >= 0.3 is 6.03 Å². The molecule has 0 saturated carbocycles. The normalized spacial score (nSPS) is 10.8. The van der Waals surface area contributed by atoms with Gasteiger partial charge in [-0.3, -0.25) is 0 Å². The molecule has 0 spiro atoms. The van der Waals surface area contributed by atoms with E-state index in [-0.39, 0.29) is 6.03 Å². The molecule has 3 N–H and O–H groups in total. The number of tetrazole rings is 1. The molecule has 0 unspecified atom stereocenters. The lowest BCUT2D eigenvalue weighted by molar-refractivity contribution is 0.261. The predicted molar refractivity (Wildman–Crippen MR) is 163 cm³/mol. The molecule has 5 rings (SSSR count). The van der Waals surface area contributed by atoms with Crippen LogP contribution in [0.1, 0.15) is 36.5 Å². The number of rotatable bonds is 11. The van der Waals surface area contributed by atoms with Crippen LogP contribution in [0.3, 0.4) is 0 Å². The lowest BCUT2D eigenvalue weighted by atomic mass is 9.94. The summed E-state index contributed by atoms with van der Waals surface area (Å²) in [7, 11) is 0. The fraction of sp³-hybridized carbons (Fsp3) is 0.212. The van der Waals surface area contributed by atoms with Crippen molar-refractivity contribution in [3.63, 3.8) is 0 Å². The number of nitrogens with one attached hydrogen (secondary N) is 3. The summed E-state index contributed by atoms with van der Waals surface area (Å²) < 4.78 is 6.30. The smallest absolute Gasteiger partial charge is 0.323 e. The summed E-state index contributed by atoms with van der Waals surface area (Å²) in [6, 6.07) is 29.9. The summed E-state index contributed by atoms with van der Waals surface area (Å²) in [4.78, 5) is 13.2. The van der Waals surface area contributed by atoms with Gasteiger partial charge < -0.3 is 15.4 Å². The monoisotopic (exact) mass is 546 g/mol. The van der Waals surface area contributed by atoms with Crippen molar-refractivity contribution in [2.45, 2.75) is 39.5 Å². The first-order valence-electron chi connectivity index (χ1n) is 13.9. The van der Waals surface area contributed by atoms with Crippen LogP contribution in [-0.4, -0.2) is 33.3 Å². The molecule has 4 aromatic carbocycles. The van der Waals surface area contributed by atoms with E-state index in [9.17, 15) is 4.79 Å². The van der Waals surface area contributed by atoms with Gasteiger partial charge in [-0.05, 0) is 89.6 Å². The third-order valence-corrected chi connectivity index (χ3v) is 6.77. The van der Waals surface area contributed by atoms with Gasteiger partial charge in [-0.15, -0.1) is 5.10 Å². The third-order valence-electron chi connectivity index (χ3n) is 6.77. The quantitative estimate of drug-likeness (QED) is 0.160. The van der Waals surface area contributed by atoms with Gasteiger partial charge in [-0.2, -0.15) is 0 Å². The van der Waals surface area contributed by atoms with E-state index >= 15 is 0 Å². The molecule has 0 atom stereocenters.